The molecule has 0 saturated carbocycles. The molecule has 0 aliphatic heterocycles. The second-order valence-corrected chi connectivity index (χ2v) is 7.21. The third kappa shape index (κ3) is 3.88. The summed E-state index contributed by atoms with van der Waals surface area (Å²) in [6.45, 7) is 0. The third-order valence-corrected chi connectivity index (χ3v) is 5.00. The molecule has 0 aliphatic carbocycles. The van der Waals surface area contributed by atoms with Crippen molar-refractivity contribution in [2.75, 3.05) is 5.32 Å². The van der Waals surface area contributed by atoms with Crippen LogP contribution in [0.5, 0.6) is 0 Å². The number of aromatic amines is 1. The fourth-order valence-electron chi connectivity index (χ4n) is 3.27. The molecule has 0 atom stereocenters. The number of hydrogen-bond acceptors (Lipinski definition) is 4. The number of benzene rings is 2. The molecule has 4 rings (SSSR count). The van der Waals surface area contributed by atoms with Gasteiger partial charge in [0.05, 0.1) is 23.0 Å². The van der Waals surface area contributed by atoms with Crippen molar-refractivity contribution in [1.29, 1.82) is 0 Å². The molecule has 0 fully saturated rings. The molecule has 2 N–H and O–H groups in total. The summed E-state index contributed by atoms with van der Waals surface area (Å²) in [5, 5.41) is 3.71. The Labute approximate surface area is 176 Å². The maximum atomic E-state index is 12.6. The summed E-state index contributed by atoms with van der Waals surface area (Å²) in [7, 11) is 1.57. The number of nitrogens with one attached hydrogen (secondary N) is 2. The van der Waals surface area contributed by atoms with Crippen LogP contribution in [0.1, 0.15) is 5.56 Å². The highest BCUT2D eigenvalue weighted by Crippen LogP contribution is 2.21. The number of carbonyl (C=O) groups excluding carboxylic acids is 1. The van der Waals surface area contributed by atoms with Crippen molar-refractivity contribution in [1.82, 2.24) is 14.5 Å². The van der Waals surface area contributed by atoms with Gasteiger partial charge in [0.1, 0.15) is 5.82 Å². The summed E-state index contributed by atoms with van der Waals surface area (Å²) in [6.07, 6.45) is -0.0362. The number of pyridine rings is 1. The number of carbonyl (C=O) groups is 1. The SMILES string of the molecule is Cn1c(=O)[nH]c(=O)c2c(CC(=O)Nc3cccc(-c4ccc(Cl)cc4)n3)cccc21. The van der Waals surface area contributed by atoms with Crippen LogP contribution < -0.4 is 16.6 Å². The number of H-pyrrole nitrogens is 1. The molecule has 0 unspecified atom stereocenters. The Morgan fingerprint density at radius 1 is 1.07 bits per heavy atom. The fraction of sp³-hybridized carbons (Fsp3) is 0.0909. The lowest BCUT2D eigenvalue weighted by Gasteiger charge is -2.10. The molecule has 1 amide bonds. The van der Waals surface area contributed by atoms with E-state index in [1.807, 2.05) is 18.2 Å². The zero-order valence-corrected chi connectivity index (χ0v) is 16.7. The van der Waals surface area contributed by atoms with Crippen LogP contribution in [0.25, 0.3) is 22.2 Å². The van der Waals surface area contributed by atoms with E-state index in [4.69, 9.17) is 11.6 Å². The number of rotatable bonds is 4. The molecule has 0 saturated heterocycles. The molecule has 0 aliphatic rings. The molecule has 7 nitrogen and oxygen atoms in total. The van der Waals surface area contributed by atoms with Gasteiger partial charge in [0.25, 0.3) is 5.56 Å². The van der Waals surface area contributed by atoms with Crippen LogP contribution in [0, 0.1) is 0 Å². The lowest BCUT2D eigenvalue weighted by Crippen LogP contribution is -2.29. The first-order valence-electron chi connectivity index (χ1n) is 9.16. The molecule has 0 radical (unpaired) electrons. The Hall–Kier alpha value is -3.71. The molecule has 30 heavy (non-hydrogen) atoms. The van der Waals surface area contributed by atoms with Crippen molar-refractivity contribution in [3.63, 3.8) is 0 Å². The minimum absolute atomic E-state index is 0.0362. The maximum absolute atomic E-state index is 12.6. The van der Waals surface area contributed by atoms with Gasteiger partial charge < -0.3 is 5.32 Å². The van der Waals surface area contributed by atoms with Crippen LogP contribution in [-0.4, -0.2) is 20.4 Å². The number of amides is 1. The first-order valence-corrected chi connectivity index (χ1v) is 9.54. The van der Waals surface area contributed by atoms with E-state index in [1.54, 1.807) is 49.5 Å². The number of hydrogen-bond donors (Lipinski definition) is 2. The van der Waals surface area contributed by atoms with Crippen molar-refractivity contribution in [3.05, 3.63) is 92.1 Å². The number of aromatic nitrogens is 3. The first kappa shape index (κ1) is 19.6. The average molecular weight is 421 g/mol. The van der Waals surface area contributed by atoms with Crippen LogP contribution in [0.4, 0.5) is 5.82 Å². The highest BCUT2D eigenvalue weighted by Gasteiger charge is 2.13. The monoisotopic (exact) mass is 420 g/mol. The Bertz CT molecular complexity index is 1370. The van der Waals surface area contributed by atoms with Crippen LogP contribution in [0.15, 0.2) is 70.3 Å². The molecular formula is C22H17ClN4O3. The second-order valence-electron chi connectivity index (χ2n) is 6.77. The fourth-order valence-corrected chi connectivity index (χ4v) is 3.40. The van der Waals surface area contributed by atoms with Gasteiger partial charge >= 0.3 is 5.69 Å². The number of halogens is 1. The molecule has 2 heterocycles. The first-order chi connectivity index (χ1) is 14.4. The Morgan fingerprint density at radius 3 is 2.57 bits per heavy atom. The average Bonchev–Trinajstić information content (AvgIpc) is 2.72. The number of nitrogens with zero attached hydrogens (tertiary/aromatic N) is 2. The van der Waals surface area contributed by atoms with E-state index in [2.05, 4.69) is 15.3 Å². The minimum atomic E-state index is -0.514. The lowest BCUT2D eigenvalue weighted by molar-refractivity contribution is -0.115. The van der Waals surface area contributed by atoms with Gasteiger partial charge in [-0.3, -0.25) is 19.1 Å². The lowest BCUT2D eigenvalue weighted by atomic mass is 10.1. The second kappa shape index (κ2) is 7.96. The van der Waals surface area contributed by atoms with Crippen LogP contribution in [0.3, 0.4) is 0 Å². The van der Waals surface area contributed by atoms with Gasteiger partial charge in [-0.25, -0.2) is 9.78 Å². The smallest absolute Gasteiger partial charge is 0.310 e. The summed E-state index contributed by atoms with van der Waals surface area (Å²) in [5.74, 6) is 0.0745. The van der Waals surface area contributed by atoms with E-state index in [-0.39, 0.29) is 12.3 Å². The standard InChI is InChI=1S/C22H17ClN4O3/c1-27-17-6-2-4-14(20(17)21(29)26-22(27)30)12-19(28)25-18-7-3-5-16(24-18)13-8-10-15(23)11-9-13/h2-11H,12H2,1H3,(H,24,25,28)(H,26,29,30). The van der Waals surface area contributed by atoms with Gasteiger partial charge in [-0.1, -0.05) is 41.9 Å². The zero-order chi connectivity index (χ0) is 21.3. The van der Waals surface area contributed by atoms with Crippen molar-refractivity contribution < 1.29 is 4.79 Å². The van der Waals surface area contributed by atoms with Gasteiger partial charge in [-0.05, 0) is 35.9 Å². The van der Waals surface area contributed by atoms with Gasteiger partial charge in [-0.15, -0.1) is 0 Å². The predicted octanol–water partition coefficient (Wildman–Crippen LogP) is 3.12. The summed E-state index contributed by atoms with van der Waals surface area (Å²) in [5.41, 5.74) is 1.54. The number of aryl methyl sites for hydroxylation is 1. The van der Waals surface area contributed by atoms with Crippen molar-refractivity contribution >= 4 is 34.2 Å². The molecular weight excluding hydrogens is 404 g/mol. The molecule has 2 aromatic heterocycles. The van der Waals surface area contributed by atoms with Gasteiger partial charge in [-0.2, -0.15) is 0 Å². The Balaban J connectivity index is 1.60. The van der Waals surface area contributed by atoms with E-state index in [9.17, 15) is 14.4 Å². The maximum Gasteiger partial charge on any atom is 0.328 e. The molecule has 0 spiro atoms. The van der Waals surface area contributed by atoms with Crippen LogP contribution in [-0.2, 0) is 18.3 Å². The highest BCUT2D eigenvalue weighted by atomic mass is 35.5. The van der Waals surface area contributed by atoms with Gasteiger partial charge in [0.2, 0.25) is 5.91 Å². The molecule has 2 aromatic carbocycles. The van der Waals surface area contributed by atoms with E-state index >= 15 is 0 Å². The van der Waals surface area contributed by atoms with E-state index in [1.165, 1.54) is 4.57 Å². The van der Waals surface area contributed by atoms with Crippen LogP contribution in [0.2, 0.25) is 5.02 Å². The van der Waals surface area contributed by atoms with E-state index < -0.39 is 11.2 Å². The molecule has 4 aromatic rings. The van der Waals surface area contributed by atoms with Crippen LogP contribution >= 0.6 is 11.6 Å². The van der Waals surface area contributed by atoms with Gasteiger partial charge in [0.15, 0.2) is 0 Å². The molecule has 0 bridgehead atoms. The minimum Gasteiger partial charge on any atom is -0.310 e. The zero-order valence-electron chi connectivity index (χ0n) is 16.0. The Kier molecular flexibility index (Phi) is 5.20. The third-order valence-electron chi connectivity index (χ3n) is 4.75. The molecule has 8 heteroatoms. The summed E-state index contributed by atoms with van der Waals surface area (Å²) in [6, 6.07) is 17.6. The summed E-state index contributed by atoms with van der Waals surface area (Å²) >= 11 is 5.93. The topological polar surface area (TPSA) is 96.9 Å². The predicted molar refractivity (Wildman–Crippen MR) is 117 cm³/mol. The molecule has 150 valence electrons. The van der Waals surface area contributed by atoms with E-state index in [0.717, 1.165) is 5.56 Å². The quantitative estimate of drug-likeness (QED) is 0.530. The Morgan fingerprint density at radius 2 is 1.80 bits per heavy atom. The number of fused-ring (bicyclic) bond motifs is 1. The van der Waals surface area contributed by atoms with Crippen molar-refractivity contribution in [2.24, 2.45) is 7.05 Å². The highest BCUT2D eigenvalue weighted by molar-refractivity contribution is 6.30. The van der Waals surface area contributed by atoms with E-state index in [0.29, 0.717) is 33.0 Å². The number of anilines is 1. The largest absolute Gasteiger partial charge is 0.328 e. The van der Waals surface area contributed by atoms with Crippen molar-refractivity contribution in [3.8, 4) is 11.3 Å². The van der Waals surface area contributed by atoms with Crippen molar-refractivity contribution in [2.45, 2.75) is 6.42 Å². The van der Waals surface area contributed by atoms with Gasteiger partial charge in [0, 0.05) is 17.6 Å². The summed E-state index contributed by atoms with van der Waals surface area (Å²) in [4.78, 5) is 43.5. The normalized spacial score (nSPS) is 10.9. The summed E-state index contributed by atoms with van der Waals surface area (Å²) < 4.78 is 1.34.